The largest absolute Gasteiger partial charge is 0.488 e. The zero-order chi connectivity index (χ0) is 19.5. The van der Waals surface area contributed by atoms with Gasteiger partial charge in [-0.2, -0.15) is 0 Å². The van der Waals surface area contributed by atoms with Crippen LogP contribution in [0, 0.1) is 0 Å². The van der Waals surface area contributed by atoms with Gasteiger partial charge >= 0.3 is 0 Å². The van der Waals surface area contributed by atoms with Crippen molar-refractivity contribution in [3.05, 3.63) is 72.6 Å². The van der Waals surface area contributed by atoms with Gasteiger partial charge in [-0.1, -0.05) is 18.2 Å². The van der Waals surface area contributed by atoms with Gasteiger partial charge in [-0.25, -0.2) is 0 Å². The number of rotatable bonds is 11. The van der Waals surface area contributed by atoms with Crippen LogP contribution in [-0.2, 0) is 22.6 Å². The first-order valence-electron chi connectivity index (χ1n) is 9.14. The fourth-order valence-corrected chi connectivity index (χ4v) is 2.76. The van der Waals surface area contributed by atoms with Gasteiger partial charge in [0, 0.05) is 39.0 Å². The molecule has 0 aliphatic heterocycles. The molecule has 5 heteroatoms. The zero-order valence-electron chi connectivity index (χ0n) is 16.1. The molecule has 1 atom stereocenters. The highest BCUT2D eigenvalue weighted by atomic mass is 16.5. The van der Waals surface area contributed by atoms with E-state index in [-0.39, 0.29) is 12.0 Å². The van der Waals surface area contributed by atoms with Crippen LogP contribution in [0.2, 0.25) is 0 Å². The minimum Gasteiger partial charge on any atom is -0.488 e. The van der Waals surface area contributed by atoms with E-state index in [9.17, 15) is 4.79 Å². The van der Waals surface area contributed by atoms with E-state index in [0.29, 0.717) is 32.5 Å². The molecule has 0 saturated heterocycles. The lowest BCUT2D eigenvalue weighted by Gasteiger charge is -2.23. The Kier molecular flexibility index (Phi) is 8.52. The monoisotopic (exact) mass is 368 g/mol. The number of methoxy groups -OCH3 is 1. The third-order valence-corrected chi connectivity index (χ3v) is 4.05. The Labute approximate surface area is 161 Å². The van der Waals surface area contributed by atoms with E-state index in [1.54, 1.807) is 25.6 Å². The van der Waals surface area contributed by atoms with E-state index >= 15 is 0 Å². The highest BCUT2D eigenvalue weighted by Gasteiger charge is 2.15. The number of carbonyl (C=O) groups is 1. The molecule has 1 aromatic carbocycles. The molecule has 0 unspecified atom stereocenters. The number of allylic oxidation sites excluding steroid dienone is 1. The summed E-state index contributed by atoms with van der Waals surface area (Å²) in [7, 11) is 1.65. The molecule has 0 radical (unpaired) electrons. The van der Waals surface area contributed by atoms with Gasteiger partial charge < -0.3 is 14.4 Å². The van der Waals surface area contributed by atoms with Gasteiger partial charge in [-0.05, 0) is 48.7 Å². The average molecular weight is 368 g/mol. The van der Waals surface area contributed by atoms with Crippen molar-refractivity contribution < 1.29 is 14.3 Å². The van der Waals surface area contributed by atoms with Crippen molar-refractivity contribution in [2.24, 2.45) is 0 Å². The number of nitrogens with zero attached hydrogens (tertiary/aromatic N) is 2. The van der Waals surface area contributed by atoms with Crippen LogP contribution in [0.15, 0.2) is 61.4 Å². The van der Waals surface area contributed by atoms with Gasteiger partial charge in [0.15, 0.2) is 0 Å². The van der Waals surface area contributed by atoms with Crippen LogP contribution in [0.3, 0.4) is 0 Å². The smallest absolute Gasteiger partial charge is 0.223 e. The highest BCUT2D eigenvalue weighted by Crippen LogP contribution is 2.18. The van der Waals surface area contributed by atoms with Crippen molar-refractivity contribution in [2.75, 3.05) is 13.7 Å². The Hall–Kier alpha value is -2.66. The standard InChI is InChI=1S/C22H28N2O3/c1-4-5-9-22(25)24(15-19-10-12-23-13-11-19)16-20-7-6-8-21(14-20)27-18(2)17-26-3/h4,6-8,10-14,18H,1,5,9,15-17H2,2-3H3/t18-/m1/s1. The summed E-state index contributed by atoms with van der Waals surface area (Å²) in [4.78, 5) is 18.6. The van der Waals surface area contributed by atoms with Gasteiger partial charge in [0.2, 0.25) is 5.91 Å². The maximum Gasteiger partial charge on any atom is 0.223 e. The van der Waals surface area contributed by atoms with E-state index in [1.165, 1.54) is 0 Å². The average Bonchev–Trinajstić information content (AvgIpc) is 2.67. The highest BCUT2D eigenvalue weighted by molar-refractivity contribution is 5.76. The molecule has 5 nitrogen and oxygen atoms in total. The third kappa shape index (κ3) is 7.23. The molecule has 0 spiro atoms. The summed E-state index contributed by atoms with van der Waals surface area (Å²) in [5, 5.41) is 0. The van der Waals surface area contributed by atoms with Crippen LogP contribution in [-0.4, -0.2) is 35.6 Å². The minimum absolute atomic E-state index is 0.0348. The van der Waals surface area contributed by atoms with E-state index in [4.69, 9.17) is 9.47 Å². The first kappa shape index (κ1) is 20.6. The molecule has 144 valence electrons. The summed E-state index contributed by atoms with van der Waals surface area (Å²) in [5.74, 6) is 0.880. The summed E-state index contributed by atoms with van der Waals surface area (Å²) in [5.41, 5.74) is 2.08. The van der Waals surface area contributed by atoms with Crippen LogP contribution in [0.5, 0.6) is 5.75 Å². The third-order valence-electron chi connectivity index (χ3n) is 4.05. The number of aromatic nitrogens is 1. The quantitative estimate of drug-likeness (QED) is 0.563. The van der Waals surface area contributed by atoms with Gasteiger partial charge in [0.1, 0.15) is 11.9 Å². The molecule has 0 bridgehead atoms. The molecule has 2 aromatic rings. The van der Waals surface area contributed by atoms with Crippen LogP contribution in [0.4, 0.5) is 0 Å². The Morgan fingerprint density at radius 3 is 2.67 bits per heavy atom. The molecule has 0 aliphatic carbocycles. The fourth-order valence-electron chi connectivity index (χ4n) is 2.76. The topological polar surface area (TPSA) is 51.7 Å². The first-order chi connectivity index (χ1) is 13.1. The van der Waals surface area contributed by atoms with Crippen molar-refractivity contribution in [1.29, 1.82) is 0 Å². The zero-order valence-corrected chi connectivity index (χ0v) is 16.1. The Morgan fingerprint density at radius 1 is 1.22 bits per heavy atom. The fraction of sp³-hybridized carbons (Fsp3) is 0.364. The minimum atomic E-state index is -0.0348. The summed E-state index contributed by atoms with van der Waals surface area (Å²) >= 11 is 0. The number of carbonyl (C=O) groups excluding carboxylic acids is 1. The Balaban J connectivity index is 2.11. The van der Waals surface area contributed by atoms with Crippen molar-refractivity contribution >= 4 is 5.91 Å². The lowest BCUT2D eigenvalue weighted by Crippen LogP contribution is -2.29. The maximum atomic E-state index is 12.7. The Bertz CT molecular complexity index is 719. The van der Waals surface area contributed by atoms with Crippen molar-refractivity contribution in [3.63, 3.8) is 0 Å². The lowest BCUT2D eigenvalue weighted by molar-refractivity contribution is -0.132. The number of amides is 1. The molecule has 0 saturated carbocycles. The first-order valence-corrected chi connectivity index (χ1v) is 9.14. The summed E-state index contributed by atoms with van der Waals surface area (Å²) in [6.07, 6.45) is 6.35. The summed E-state index contributed by atoms with van der Waals surface area (Å²) < 4.78 is 11.0. The van der Waals surface area contributed by atoms with E-state index in [1.807, 2.05) is 48.2 Å². The molecule has 0 aliphatic rings. The SMILES string of the molecule is C=CCCC(=O)N(Cc1ccncc1)Cc1cccc(O[C@H](C)COC)c1. The molecular weight excluding hydrogens is 340 g/mol. The van der Waals surface area contributed by atoms with Crippen molar-refractivity contribution in [1.82, 2.24) is 9.88 Å². The van der Waals surface area contributed by atoms with E-state index < -0.39 is 0 Å². The van der Waals surface area contributed by atoms with Gasteiger partial charge in [-0.3, -0.25) is 9.78 Å². The lowest BCUT2D eigenvalue weighted by atomic mass is 10.1. The molecule has 1 heterocycles. The normalized spacial score (nSPS) is 11.6. The number of ether oxygens (including phenoxy) is 2. The summed E-state index contributed by atoms with van der Waals surface area (Å²) in [6, 6.07) is 11.7. The predicted molar refractivity (Wildman–Crippen MR) is 106 cm³/mol. The summed E-state index contributed by atoms with van der Waals surface area (Å²) in [6.45, 7) is 7.26. The van der Waals surface area contributed by atoms with Crippen molar-refractivity contribution in [3.8, 4) is 5.75 Å². The van der Waals surface area contributed by atoms with E-state index in [2.05, 4.69) is 11.6 Å². The van der Waals surface area contributed by atoms with Crippen LogP contribution >= 0.6 is 0 Å². The van der Waals surface area contributed by atoms with Gasteiger partial charge in [0.05, 0.1) is 6.61 Å². The molecule has 2 rings (SSSR count). The molecule has 0 fully saturated rings. The number of pyridine rings is 1. The second kappa shape index (κ2) is 11.1. The van der Waals surface area contributed by atoms with Crippen LogP contribution in [0.25, 0.3) is 0 Å². The van der Waals surface area contributed by atoms with Crippen LogP contribution < -0.4 is 4.74 Å². The number of hydrogen-bond donors (Lipinski definition) is 0. The maximum absolute atomic E-state index is 12.7. The Morgan fingerprint density at radius 2 is 1.96 bits per heavy atom. The van der Waals surface area contributed by atoms with Crippen molar-refractivity contribution in [2.45, 2.75) is 39.0 Å². The number of benzene rings is 1. The van der Waals surface area contributed by atoms with Gasteiger partial charge in [0.25, 0.3) is 0 Å². The molecule has 27 heavy (non-hydrogen) atoms. The number of hydrogen-bond acceptors (Lipinski definition) is 4. The second-order valence-corrected chi connectivity index (χ2v) is 6.46. The molecular formula is C22H28N2O3. The van der Waals surface area contributed by atoms with Crippen LogP contribution in [0.1, 0.15) is 30.9 Å². The molecule has 0 N–H and O–H groups in total. The molecule has 1 amide bonds. The second-order valence-electron chi connectivity index (χ2n) is 6.46. The van der Waals surface area contributed by atoms with Gasteiger partial charge in [-0.15, -0.1) is 6.58 Å². The predicted octanol–water partition coefficient (Wildman–Crippen LogP) is 3.99. The molecule has 1 aromatic heterocycles. The van der Waals surface area contributed by atoms with E-state index in [0.717, 1.165) is 16.9 Å².